The van der Waals surface area contributed by atoms with Gasteiger partial charge >= 0.3 is 12.0 Å². The lowest BCUT2D eigenvalue weighted by Crippen LogP contribution is -2.50. The Morgan fingerprint density at radius 2 is 2.11 bits per heavy atom. The van der Waals surface area contributed by atoms with Crippen molar-refractivity contribution < 1.29 is 19.8 Å². The van der Waals surface area contributed by atoms with Gasteiger partial charge in [0.05, 0.1) is 6.42 Å². The lowest BCUT2D eigenvalue weighted by atomic mass is 10.0. The minimum Gasteiger partial charge on any atom is -0.481 e. The Hall–Kier alpha value is -1.30. The van der Waals surface area contributed by atoms with Gasteiger partial charge < -0.3 is 20.4 Å². The molecule has 6 heteroatoms. The molecule has 104 valence electrons. The molecule has 1 rings (SSSR count). The molecule has 1 unspecified atom stereocenters. The molecule has 6 nitrogen and oxygen atoms in total. The maximum absolute atomic E-state index is 12.0. The van der Waals surface area contributed by atoms with Crippen LogP contribution in [-0.2, 0) is 4.79 Å². The van der Waals surface area contributed by atoms with E-state index in [1.807, 2.05) is 0 Å². The zero-order valence-electron chi connectivity index (χ0n) is 11.0. The van der Waals surface area contributed by atoms with Crippen molar-refractivity contribution in [3.63, 3.8) is 0 Å². The molecule has 1 fully saturated rings. The van der Waals surface area contributed by atoms with E-state index in [4.69, 9.17) is 10.2 Å². The van der Waals surface area contributed by atoms with Gasteiger partial charge in [-0.1, -0.05) is 0 Å². The fourth-order valence-corrected chi connectivity index (χ4v) is 2.23. The number of nitrogens with zero attached hydrogens (tertiary/aromatic N) is 1. The first-order valence-corrected chi connectivity index (χ1v) is 6.24. The highest BCUT2D eigenvalue weighted by molar-refractivity contribution is 5.77. The summed E-state index contributed by atoms with van der Waals surface area (Å²) in [7, 11) is 0. The zero-order chi connectivity index (χ0) is 13.8. The highest BCUT2D eigenvalue weighted by atomic mass is 16.4. The maximum atomic E-state index is 12.0. The van der Waals surface area contributed by atoms with E-state index in [1.165, 1.54) is 0 Å². The summed E-state index contributed by atoms with van der Waals surface area (Å²) in [4.78, 5) is 24.3. The molecule has 0 aromatic rings. The molecule has 0 bridgehead atoms. The molecule has 0 radical (unpaired) electrons. The van der Waals surface area contributed by atoms with E-state index in [1.54, 1.807) is 18.7 Å². The molecule has 18 heavy (non-hydrogen) atoms. The second-order valence-electron chi connectivity index (χ2n) is 5.50. The first kappa shape index (κ1) is 14.8. The van der Waals surface area contributed by atoms with Crippen molar-refractivity contribution in [2.45, 2.75) is 38.6 Å². The zero-order valence-corrected chi connectivity index (χ0v) is 11.0. The number of nitrogens with one attached hydrogen (secondary N) is 1. The van der Waals surface area contributed by atoms with Crippen molar-refractivity contribution in [3.05, 3.63) is 0 Å². The van der Waals surface area contributed by atoms with Crippen LogP contribution in [0.5, 0.6) is 0 Å². The van der Waals surface area contributed by atoms with Gasteiger partial charge in [0, 0.05) is 25.2 Å². The van der Waals surface area contributed by atoms with Crippen LogP contribution in [0.4, 0.5) is 4.79 Å². The monoisotopic (exact) mass is 258 g/mol. The minimum atomic E-state index is -0.931. The Balaban J connectivity index is 2.44. The van der Waals surface area contributed by atoms with E-state index in [2.05, 4.69) is 5.32 Å². The number of likely N-dealkylation sites (tertiary alicyclic amines) is 1. The summed E-state index contributed by atoms with van der Waals surface area (Å²) in [6.07, 6.45) is 1.50. The molecular formula is C12H22N2O4. The number of carbonyl (C=O) groups excluding carboxylic acids is 1. The van der Waals surface area contributed by atoms with Gasteiger partial charge in [-0.25, -0.2) is 4.79 Å². The van der Waals surface area contributed by atoms with Crippen LogP contribution in [0.3, 0.4) is 0 Å². The Bertz CT molecular complexity index is 317. The van der Waals surface area contributed by atoms with E-state index < -0.39 is 11.5 Å². The molecule has 1 atom stereocenters. The van der Waals surface area contributed by atoms with Crippen molar-refractivity contribution in [1.29, 1.82) is 0 Å². The maximum Gasteiger partial charge on any atom is 0.317 e. The first-order valence-electron chi connectivity index (χ1n) is 6.24. The molecule has 0 aromatic carbocycles. The summed E-state index contributed by atoms with van der Waals surface area (Å²) in [6, 6.07) is -0.221. The van der Waals surface area contributed by atoms with Gasteiger partial charge in [-0.2, -0.15) is 0 Å². The SMILES string of the molecule is CC(C)(CC(=O)O)NC(=O)N1CCC(CCO)C1. The average molecular weight is 258 g/mol. The van der Waals surface area contributed by atoms with Crippen LogP contribution in [0.1, 0.15) is 33.1 Å². The predicted molar refractivity (Wildman–Crippen MR) is 66.2 cm³/mol. The van der Waals surface area contributed by atoms with Crippen LogP contribution in [0, 0.1) is 5.92 Å². The molecule has 1 saturated heterocycles. The number of aliphatic carboxylic acids is 1. The van der Waals surface area contributed by atoms with Crippen LogP contribution in [0.25, 0.3) is 0 Å². The van der Waals surface area contributed by atoms with Crippen molar-refractivity contribution in [3.8, 4) is 0 Å². The Morgan fingerprint density at radius 3 is 2.67 bits per heavy atom. The summed E-state index contributed by atoms with van der Waals surface area (Å²) in [5.74, 6) is -0.580. The van der Waals surface area contributed by atoms with Gasteiger partial charge in [-0.15, -0.1) is 0 Å². The normalized spacial score (nSPS) is 19.9. The number of hydrogen-bond acceptors (Lipinski definition) is 3. The quantitative estimate of drug-likeness (QED) is 0.675. The van der Waals surface area contributed by atoms with Crippen LogP contribution in [0.2, 0.25) is 0 Å². The van der Waals surface area contributed by atoms with Crippen LogP contribution in [-0.4, -0.2) is 52.3 Å². The van der Waals surface area contributed by atoms with E-state index >= 15 is 0 Å². The summed E-state index contributed by atoms with van der Waals surface area (Å²) < 4.78 is 0. The van der Waals surface area contributed by atoms with Crippen LogP contribution in [0.15, 0.2) is 0 Å². The Labute approximate surface area is 107 Å². The van der Waals surface area contributed by atoms with E-state index in [0.29, 0.717) is 25.4 Å². The number of carbonyl (C=O) groups is 2. The predicted octanol–water partition coefficient (Wildman–Crippen LogP) is 0.654. The number of hydrogen-bond donors (Lipinski definition) is 3. The summed E-state index contributed by atoms with van der Waals surface area (Å²) in [5, 5.41) is 20.3. The van der Waals surface area contributed by atoms with Gasteiger partial charge in [0.25, 0.3) is 0 Å². The molecule has 3 N–H and O–H groups in total. The minimum absolute atomic E-state index is 0.105. The van der Waals surface area contributed by atoms with Gasteiger partial charge in [0.2, 0.25) is 0 Å². The molecular weight excluding hydrogens is 236 g/mol. The van der Waals surface area contributed by atoms with Crippen molar-refractivity contribution in [1.82, 2.24) is 10.2 Å². The third-order valence-electron chi connectivity index (χ3n) is 3.15. The first-order chi connectivity index (χ1) is 8.34. The number of aliphatic hydroxyl groups excluding tert-OH is 1. The van der Waals surface area contributed by atoms with Gasteiger partial charge in [0.1, 0.15) is 0 Å². The van der Waals surface area contributed by atoms with Crippen LogP contribution < -0.4 is 5.32 Å². The van der Waals surface area contributed by atoms with E-state index in [-0.39, 0.29) is 19.1 Å². The molecule has 1 aliphatic heterocycles. The van der Waals surface area contributed by atoms with Crippen molar-refractivity contribution >= 4 is 12.0 Å². The second kappa shape index (κ2) is 6.04. The largest absolute Gasteiger partial charge is 0.481 e. The summed E-state index contributed by atoms with van der Waals surface area (Å²) >= 11 is 0. The lowest BCUT2D eigenvalue weighted by molar-refractivity contribution is -0.138. The highest BCUT2D eigenvalue weighted by Gasteiger charge is 2.30. The topological polar surface area (TPSA) is 89.9 Å². The number of urea groups is 1. The molecule has 0 spiro atoms. The van der Waals surface area contributed by atoms with Crippen molar-refractivity contribution in [2.24, 2.45) is 5.92 Å². The molecule has 0 aromatic heterocycles. The molecule has 1 aliphatic rings. The number of carboxylic acid groups (broad SMARTS) is 1. The summed E-state index contributed by atoms with van der Waals surface area (Å²) in [6.45, 7) is 4.83. The van der Waals surface area contributed by atoms with Gasteiger partial charge in [-0.3, -0.25) is 4.79 Å². The Kier molecular flexibility index (Phi) is 4.95. The van der Waals surface area contributed by atoms with Gasteiger partial charge in [-0.05, 0) is 32.6 Å². The lowest BCUT2D eigenvalue weighted by Gasteiger charge is -2.28. The highest BCUT2D eigenvalue weighted by Crippen LogP contribution is 2.20. The fourth-order valence-electron chi connectivity index (χ4n) is 2.23. The van der Waals surface area contributed by atoms with Crippen molar-refractivity contribution in [2.75, 3.05) is 19.7 Å². The van der Waals surface area contributed by atoms with E-state index in [0.717, 1.165) is 6.42 Å². The molecule has 1 heterocycles. The average Bonchev–Trinajstić information content (AvgIpc) is 2.63. The standard InChI is InChI=1S/C12H22N2O4/c1-12(2,7-10(16)17)13-11(18)14-5-3-9(8-14)4-6-15/h9,15H,3-8H2,1-2H3,(H,13,18)(H,16,17). The number of carboxylic acids is 1. The number of aliphatic hydroxyl groups is 1. The number of rotatable bonds is 5. The fraction of sp³-hybridized carbons (Fsp3) is 0.833. The van der Waals surface area contributed by atoms with E-state index in [9.17, 15) is 9.59 Å². The molecule has 0 saturated carbocycles. The molecule has 0 aliphatic carbocycles. The third-order valence-corrected chi connectivity index (χ3v) is 3.15. The smallest absolute Gasteiger partial charge is 0.317 e. The second-order valence-corrected chi connectivity index (χ2v) is 5.50. The van der Waals surface area contributed by atoms with Crippen LogP contribution >= 0.6 is 0 Å². The Morgan fingerprint density at radius 1 is 1.44 bits per heavy atom. The number of amides is 2. The molecule has 2 amide bonds. The summed E-state index contributed by atoms with van der Waals surface area (Å²) in [5.41, 5.74) is -0.752. The van der Waals surface area contributed by atoms with Gasteiger partial charge in [0.15, 0.2) is 0 Å². The third kappa shape index (κ3) is 4.52.